The number of nitrogens with two attached hydrogens (primary N) is 1. The van der Waals surface area contributed by atoms with Crippen molar-refractivity contribution in [3.05, 3.63) is 28.1 Å². The smallest absolute Gasteiger partial charge is 0.161 e. The fraction of sp³-hybridized carbons (Fsp3) is 0.308. The van der Waals surface area contributed by atoms with Gasteiger partial charge >= 0.3 is 0 Å². The zero-order chi connectivity index (χ0) is 13.1. The number of ether oxygens (including phenoxy) is 2. The van der Waals surface area contributed by atoms with Crippen molar-refractivity contribution >= 4 is 11.3 Å². The Kier molecular flexibility index (Phi) is 3.84. The molecule has 0 fully saturated rings. The van der Waals surface area contributed by atoms with Gasteiger partial charge in [0.1, 0.15) is 5.01 Å². The number of rotatable bonds is 4. The SMILES string of the molecule is COc1ccc(-c2nc(CN)sc2C)cc1OC. The van der Waals surface area contributed by atoms with Crippen LogP contribution in [0.3, 0.4) is 0 Å². The molecular formula is C13H16N2O2S. The molecule has 0 aliphatic rings. The first-order valence-corrected chi connectivity index (χ1v) is 6.40. The number of methoxy groups -OCH3 is 2. The number of aryl methyl sites for hydroxylation is 1. The zero-order valence-corrected chi connectivity index (χ0v) is 11.5. The molecule has 0 unspecified atom stereocenters. The molecule has 0 aliphatic carbocycles. The molecule has 18 heavy (non-hydrogen) atoms. The Labute approximate surface area is 110 Å². The first-order chi connectivity index (χ1) is 8.69. The van der Waals surface area contributed by atoms with E-state index < -0.39 is 0 Å². The third-order valence-electron chi connectivity index (χ3n) is 2.67. The normalized spacial score (nSPS) is 10.4. The minimum Gasteiger partial charge on any atom is -0.493 e. The predicted octanol–water partition coefficient (Wildman–Crippen LogP) is 2.59. The van der Waals surface area contributed by atoms with Crippen molar-refractivity contribution in [2.24, 2.45) is 5.73 Å². The van der Waals surface area contributed by atoms with Crippen LogP contribution < -0.4 is 15.2 Å². The Morgan fingerprint density at radius 2 is 1.94 bits per heavy atom. The summed E-state index contributed by atoms with van der Waals surface area (Å²) < 4.78 is 10.5. The van der Waals surface area contributed by atoms with E-state index in [9.17, 15) is 0 Å². The van der Waals surface area contributed by atoms with Gasteiger partial charge in [-0.3, -0.25) is 0 Å². The summed E-state index contributed by atoms with van der Waals surface area (Å²) in [4.78, 5) is 5.68. The van der Waals surface area contributed by atoms with Crippen LogP contribution in [0.5, 0.6) is 11.5 Å². The number of benzene rings is 1. The maximum Gasteiger partial charge on any atom is 0.161 e. The Morgan fingerprint density at radius 1 is 1.22 bits per heavy atom. The van der Waals surface area contributed by atoms with E-state index in [-0.39, 0.29) is 0 Å². The van der Waals surface area contributed by atoms with Crippen molar-refractivity contribution < 1.29 is 9.47 Å². The van der Waals surface area contributed by atoms with Crippen LogP contribution >= 0.6 is 11.3 Å². The van der Waals surface area contributed by atoms with Gasteiger partial charge in [-0.25, -0.2) is 4.98 Å². The lowest BCUT2D eigenvalue weighted by atomic mass is 10.1. The lowest BCUT2D eigenvalue weighted by molar-refractivity contribution is 0.355. The molecule has 96 valence electrons. The van der Waals surface area contributed by atoms with Gasteiger partial charge in [0, 0.05) is 17.0 Å². The maximum atomic E-state index is 5.62. The van der Waals surface area contributed by atoms with Gasteiger partial charge in [-0.1, -0.05) is 0 Å². The number of aromatic nitrogens is 1. The van der Waals surface area contributed by atoms with Crippen LogP contribution in [-0.2, 0) is 6.54 Å². The first-order valence-electron chi connectivity index (χ1n) is 5.58. The Hall–Kier alpha value is -1.59. The lowest BCUT2D eigenvalue weighted by Crippen LogP contribution is -1.95. The maximum absolute atomic E-state index is 5.62. The molecule has 0 aliphatic heterocycles. The summed E-state index contributed by atoms with van der Waals surface area (Å²) in [5.41, 5.74) is 7.59. The molecule has 0 bridgehead atoms. The van der Waals surface area contributed by atoms with Crippen molar-refractivity contribution in [1.82, 2.24) is 4.98 Å². The van der Waals surface area contributed by atoms with Crippen molar-refractivity contribution in [3.63, 3.8) is 0 Å². The molecule has 2 rings (SSSR count). The van der Waals surface area contributed by atoms with E-state index in [1.54, 1.807) is 25.6 Å². The minimum absolute atomic E-state index is 0.471. The molecule has 0 radical (unpaired) electrons. The highest BCUT2D eigenvalue weighted by molar-refractivity contribution is 7.12. The van der Waals surface area contributed by atoms with E-state index in [1.165, 1.54) is 0 Å². The molecule has 1 aromatic heterocycles. The summed E-state index contributed by atoms with van der Waals surface area (Å²) in [5, 5.41) is 0.942. The van der Waals surface area contributed by atoms with E-state index in [4.69, 9.17) is 15.2 Å². The average molecular weight is 264 g/mol. The van der Waals surface area contributed by atoms with Gasteiger partial charge in [0.2, 0.25) is 0 Å². The fourth-order valence-corrected chi connectivity index (χ4v) is 2.62. The average Bonchev–Trinajstić information content (AvgIpc) is 2.79. The summed E-state index contributed by atoms with van der Waals surface area (Å²) in [5.74, 6) is 1.42. The second-order valence-electron chi connectivity index (χ2n) is 3.79. The minimum atomic E-state index is 0.471. The number of nitrogens with zero attached hydrogens (tertiary/aromatic N) is 1. The highest BCUT2D eigenvalue weighted by Gasteiger charge is 2.12. The quantitative estimate of drug-likeness (QED) is 0.922. The van der Waals surface area contributed by atoms with Crippen LogP contribution in [0.2, 0.25) is 0 Å². The third-order valence-corrected chi connectivity index (χ3v) is 3.67. The molecule has 2 N–H and O–H groups in total. The number of hydrogen-bond acceptors (Lipinski definition) is 5. The van der Waals surface area contributed by atoms with Gasteiger partial charge in [0.25, 0.3) is 0 Å². The van der Waals surface area contributed by atoms with Crippen LogP contribution in [0, 0.1) is 6.92 Å². The molecule has 0 saturated carbocycles. The molecule has 0 saturated heterocycles. The molecule has 5 heteroatoms. The molecule has 1 heterocycles. The summed E-state index contributed by atoms with van der Waals surface area (Å²) in [6.45, 7) is 2.52. The van der Waals surface area contributed by atoms with Crippen LogP contribution in [-0.4, -0.2) is 19.2 Å². The number of hydrogen-bond donors (Lipinski definition) is 1. The van der Waals surface area contributed by atoms with Gasteiger partial charge in [-0.2, -0.15) is 0 Å². The van der Waals surface area contributed by atoms with Crippen molar-refractivity contribution in [3.8, 4) is 22.8 Å². The third kappa shape index (κ3) is 2.32. The summed E-state index contributed by atoms with van der Waals surface area (Å²) >= 11 is 1.62. The Bertz CT molecular complexity index is 552. The van der Waals surface area contributed by atoms with Crippen LogP contribution in [0.25, 0.3) is 11.3 Å². The van der Waals surface area contributed by atoms with E-state index in [0.717, 1.165) is 21.1 Å². The van der Waals surface area contributed by atoms with Gasteiger partial charge in [0.15, 0.2) is 11.5 Å². The molecule has 2 aromatic rings. The van der Waals surface area contributed by atoms with Crippen LogP contribution in [0.1, 0.15) is 9.88 Å². The van der Waals surface area contributed by atoms with Crippen LogP contribution in [0.4, 0.5) is 0 Å². The summed E-state index contributed by atoms with van der Waals surface area (Å²) in [6, 6.07) is 5.79. The second-order valence-corrected chi connectivity index (χ2v) is 5.07. The van der Waals surface area contributed by atoms with Gasteiger partial charge < -0.3 is 15.2 Å². The fourth-order valence-electron chi connectivity index (χ4n) is 1.79. The molecular weight excluding hydrogens is 248 g/mol. The van der Waals surface area contributed by atoms with E-state index in [1.807, 2.05) is 25.1 Å². The molecule has 1 aromatic carbocycles. The summed E-state index contributed by atoms with van der Waals surface area (Å²) in [7, 11) is 3.25. The highest BCUT2D eigenvalue weighted by atomic mass is 32.1. The zero-order valence-electron chi connectivity index (χ0n) is 10.7. The second kappa shape index (κ2) is 5.37. The molecule has 0 spiro atoms. The first kappa shape index (κ1) is 12.9. The van der Waals surface area contributed by atoms with E-state index >= 15 is 0 Å². The van der Waals surface area contributed by atoms with Crippen molar-refractivity contribution in [2.75, 3.05) is 14.2 Å². The van der Waals surface area contributed by atoms with Crippen molar-refractivity contribution in [2.45, 2.75) is 13.5 Å². The van der Waals surface area contributed by atoms with Gasteiger partial charge in [-0.15, -0.1) is 11.3 Å². The largest absolute Gasteiger partial charge is 0.493 e. The molecule has 0 atom stereocenters. The molecule has 4 nitrogen and oxygen atoms in total. The van der Waals surface area contributed by atoms with E-state index in [0.29, 0.717) is 18.0 Å². The molecule has 0 amide bonds. The Morgan fingerprint density at radius 3 is 2.50 bits per heavy atom. The highest BCUT2D eigenvalue weighted by Crippen LogP contribution is 2.34. The van der Waals surface area contributed by atoms with Gasteiger partial charge in [-0.05, 0) is 25.1 Å². The standard InChI is InChI=1S/C13H16N2O2S/c1-8-13(15-12(7-14)18-8)9-4-5-10(16-2)11(6-9)17-3/h4-6H,7,14H2,1-3H3. The topological polar surface area (TPSA) is 57.4 Å². The monoisotopic (exact) mass is 264 g/mol. The Balaban J connectivity index is 2.47. The van der Waals surface area contributed by atoms with Crippen molar-refractivity contribution in [1.29, 1.82) is 0 Å². The predicted molar refractivity (Wildman–Crippen MR) is 73.3 cm³/mol. The van der Waals surface area contributed by atoms with E-state index in [2.05, 4.69) is 4.98 Å². The number of thiazole rings is 1. The summed E-state index contributed by atoms with van der Waals surface area (Å²) in [6.07, 6.45) is 0. The lowest BCUT2D eigenvalue weighted by Gasteiger charge is -2.08. The van der Waals surface area contributed by atoms with Gasteiger partial charge in [0.05, 0.1) is 19.9 Å². The van der Waals surface area contributed by atoms with Crippen LogP contribution in [0.15, 0.2) is 18.2 Å².